The molecular formula is C75H57N3O15. The second-order valence-corrected chi connectivity index (χ2v) is 23.4. The number of nitrogens with zero attached hydrogens (tertiary/aromatic N) is 3. The lowest BCUT2D eigenvalue weighted by atomic mass is 9.78. The van der Waals surface area contributed by atoms with Crippen LogP contribution in [0.15, 0.2) is 218 Å². The van der Waals surface area contributed by atoms with Gasteiger partial charge in [-0.25, -0.2) is 14.4 Å². The van der Waals surface area contributed by atoms with Crippen molar-refractivity contribution < 1.29 is 72.7 Å². The first-order valence-corrected chi connectivity index (χ1v) is 30.0. The average Bonchev–Trinajstić information content (AvgIpc) is 1.64. The van der Waals surface area contributed by atoms with Crippen molar-refractivity contribution in [1.82, 2.24) is 14.7 Å². The third-order valence-electron chi connectivity index (χ3n) is 18.0. The van der Waals surface area contributed by atoms with Crippen LogP contribution in [0.1, 0.15) is 115 Å². The molecule has 3 N–H and O–H groups in total. The molecule has 9 aromatic carbocycles. The van der Waals surface area contributed by atoms with Crippen molar-refractivity contribution in [2.75, 3.05) is 20.0 Å². The molecule has 18 nitrogen and oxygen atoms in total. The highest BCUT2D eigenvalue weighted by Gasteiger charge is 2.63. The molecular weight excluding hydrogens is 1180 g/mol. The van der Waals surface area contributed by atoms with Gasteiger partial charge in [-0.15, -0.1) is 0 Å². The molecule has 0 radical (unpaired) electrons. The summed E-state index contributed by atoms with van der Waals surface area (Å²) in [6.45, 7) is -2.33. The number of hydrogen-bond acceptors (Lipinski definition) is 15. The summed E-state index contributed by atoms with van der Waals surface area (Å²) in [5.74, 6) is -7.59. The number of aliphatic carboxylic acids is 3. The molecule has 3 unspecified atom stereocenters. The Hall–Kier alpha value is -11.3. The molecule has 9 aromatic rings. The van der Waals surface area contributed by atoms with Crippen molar-refractivity contribution in [2.24, 2.45) is 0 Å². The molecule has 1 fully saturated rings. The van der Waals surface area contributed by atoms with Gasteiger partial charge in [0.05, 0.1) is 20.0 Å². The summed E-state index contributed by atoms with van der Waals surface area (Å²) in [5.41, 5.74) is -5.78. The first kappa shape index (κ1) is 60.6. The second-order valence-electron chi connectivity index (χ2n) is 23.4. The molecule has 4 aliphatic rings. The van der Waals surface area contributed by atoms with Gasteiger partial charge in [0.2, 0.25) is 0 Å². The fourth-order valence-corrected chi connectivity index (χ4v) is 13.0. The number of ketones is 6. The number of hydrogen-bond donors (Lipinski definition) is 3. The van der Waals surface area contributed by atoms with Gasteiger partial charge in [-0.1, -0.05) is 218 Å². The van der Waals surface area contributed by atoms with Gasteiger partial charge < -0.3 is 29.5 Å². The van der Waals surface area contributed by atoms with E-state index < -0.39 is 91.1 Å². The highest BCUT2D eigenvalue weighted by atomic mass is 16.6. The average molecular weight is 1240 g/mol. The van der Waals surface area contributed by atoms with Crippen molar-refractivity contribution in [3.8, 4) is 34.5 Å². The van der Waals surface area contributed by atoms with E-state index in [9.17, 15) is 29.7 Å². The highest BCUT2D eigenvalue weighted by molar-refractivity contribution is 6.05. The molecule has 0 bridgehead atoms. The van der Waals surface area contributed by atoms with Crippen LogP contribution in [0.5, 0.6) is 34.5 Å². The van der Waals surface area contributed by atoms with E-state index in [-0.39, 0.29) is 104 Å². The van der Waals surface area contributed by atoms with Gasteiger partial charge in [0.1, 0.15) is 0 Å². The maximum atomic E-state index is 15.4. The highest BCUT2D eigenvalue weighted by Crippen LogP contribution is 2.61. The van der Waals surface area contributed by atoms with Crippen molar-refractivity contribution in [3.05, 3.63) is 285 Å². The van der Waals surface area contributed by atoms with Crippen LogP contribution < -0.4 is 14.2 Å². The molecule has 4 heterocycles. The van der Waals surface area contributed by atoms with Gasteiger partial charge in [-0.2, -0.15) is 0 Å². The minimum absolute atomic E-state index is 0.00873. The topological polar surface area (TPSA) is 262 Å². The van der Waals surface area contributed by atoms with Crippen molar-refractivity contribution in [1.29, 1.82) is 0 Å². The summed E-state index contributed by atoms with van der Waals surface area (Å²) in [5, 5.41) is 37.4. The summed E-state index contributed by atoms with van der Waals surface area (Å²) in [6, 6.07) is 57.9. The lowest BCUT2D eigenvalue weighted by molar-refractivity contribution is -0.196. The van der Waals surface area contributed by atoms with Crippen LogP contribution in [0.4, 0.5) is 0 Å². The smallest absolute Gasteiger partial charge is 0.329 e. The Morgan fingerprint density at radius 3 is 0.688 bits per heavy atom. The van der Waals surface area contributed by atoms with E-state index in [1.807, 2.05) is 0 Å². The van der Waals surface area contributed by atoms with Crippen molar-refractivity contribution in [3.63, 3.8) is 0 Å². The minimum Gasteiger partial charge on any atom is -0.480 e. The zero-order valence-corrected chi connectivity index (χ0v) is 49.7. The number of carbonyl (C=O) groups excluding carboxylic acids is 6. The van der Waals surface area contributed by atoms with Gasteiger partial charge in [0, 0.05) is 105 Å². The number of ether oxygens (including phenoxy) is 3. The summed E-state index contributed by atoms with van der Waals surface area (Å²) in [7, 11) is 0. The molecule has 93 heavy (non-hydrogen) atoms. The minimum atomic E-state index is -2.67. The van der Waals surface area contributed by atoms with Crippen LogP contribution >= 0.6 is 0 Å². The number of carboxylic acid groups (broad SMARTS) is 3. The summed E-state index contributed by atoms with van der Waals surface area (Å²) < 4.78 is 18.7. The monoisotopic (exact) mass is 1240 g/mol. The number of Topliss-reactive ketones (excluding diaryl/α,β-unsaturated/α-hetero) is 6. The second kappa shape index (κ2) is 24.5. The number of carbonyl (C=O) groups is 9. The number of carboxylic acids is 3. The van der Waals surface area contributed by atoms with E-state index in [1.54, 1.807) is 146 Å². The van der Waals surface area contributed by atoms with E-state index in [0.717, 1.165) is 0 Å². The summed E-state index contributed by atoms with van der Waals surface area (Å²) >= 11 is 0. The van der Waals surface area contributed by atoms with Gasteiger partial charge in [0.15, 0.2) is 85.8 Å². The summed E-state index contributed by atoms with van der Waals surface area (Å²) in [4.78, 5) is 137. The van der Waals surface area contributed by atoms with Gasteiger partial charge >= 0.3 is 17.9 Å². The number of rotatable bonds is 27. The molecule has 0 aromatic heterocycles. The molecule has 4 aliphatic heterocycles. The summed E-state index contributed by atoms with van der Waals surface area (Å²) in [6.07, 6.45) is -3.27. The first-order chi connectivity index (χ1) is 45.0. The predicted octanol–water partition coefficient (Wildman–Crippen LogP) is 12.1. The van der Waals surface area contributed by atoms with E-state index >= 15 is 28.8 Å². The zero-order chi connectivity index (χ0) is 64.8. The van der Waals surface area contributed by atoms with Crippen LogP contribution in [-0.4, -0.2) is 103 Å². The molecule has 0 saturated carbocycles. The SMILES string of the molecule is O=C(Cc1ccc(C(CC(=O)c2ccccc2)(C(=O)O)N2CN(C(CC(=O)c3ccccc3)(C(=O)O)c3ccc(CC(=O)c4ccccc4)c4c3O4)CN(C(CC(=O)c3ccccc3)(C(=O)O)c3ccc(CC(=O)c4ccccc4)c4c3O4)C2)c2c1O2)c1ccccc1. The molecule has 0 spiro atoms. The van der Waals surface area contributed by atoms with Gasteiger partial charge in [-0.3, -0.25) is 43.5 Å². The largest absolute Gasteiger partial charge is 0.480 e. The van der Waals surface area contributed by atoms with Gasteiger partial charge in [-0.05, 0) is 0 Å². The van der Waals surface area contributed by atoms with E-state index in [0.29, 0.717) is 33.4 Å². The number of benzene rings is 9. The third-order valence-corrected chi connectivity index (χ3v) is 18.0. The maximum Gasteiger partial charge on any atom is 0.329 e. The molecule has 3 atom stereocenters. The standard InChI is InChI=1S/C75H57N3O15/c79-58(46-19-7-1-8-20-46)37-52-31-34-55(67-64(52)91-67)73(70(85)86,40-61(82)49-25-13-4-14-26-49)76-43-77(74(71(87)88,41-62(83)50-27-15-5-16-28-50)56-35-32-53(65-68(56)92-65)38-59(80)47-21-9-2-10-22-47)45-78(44-76)75(72(89)90,42-63(84)51-29-17-6-18-30-51)57-36-33-54(66-69(57)93-66)39-60(81)48-23-11-3-12-24-48/h1-36H,37-45H2,(H,85,86)(H,87,88)(H,89,90). The Bertz CT molecular complexity index is 4070. The molecule has 0 aliphatic carbocycles. The Labute approximate surface area is 532 Å². The molecule has 13 rings (SSSR count). The van der Waals surface area contributed by atoms with Crippen LogP contribution in [-0.2, 0) is 50.3 Å². The first-order valence-electron chi connectivity index (χ1n) is 30.0. The van der Waals surface area contributed by atoms with Crippen LogP contribution in [0.3, 0.4) is 0 Å². The predicted molar refractivity (Wildman–Crippen MR) is 337 cm³/mol. The number of fused-ring (bicyclic) bond motifs is 3. The molecule has 0 amide bonds. The molecule has 462 valence electrons. The Kier molecular flexibility index (Phi) is 15.9. The normalized spacial score (nSPS) is 15.5. The lowest BCUT2D eigenvalue weighted by Gasteiger charge is -2.56. The maximum absolute atomic E-state index is 15.4. The Morgan fingerprint density at radius 2 is 0.484 bits per heavy atom. The molecule has 1 saturated heterocycles. The Morgan fingerprint density at radius 1 is 0.280 bits per heavy atom. The lowest BCUT2D eigenvalue weighted by Crippen LogP contribution is -2.72. The van der Waals surface area contributed by atoms with E-state index in [4.69, 9.17) is 14.2 Å². The van der Waals surface area contributed by atoms with E-state index in [1.165, 1.54) is 87.5 Å². The quantitative estimate of drug-likeness (QED) is 0.0319. The zero-order valence-electron chi connectivity index (χ0n) is 49.7. The fourth-order valence-electron chi connectivity index (χ4n) is 13.0. The van der Waals surface area contributed by atoms with Crippen LogP contribution in [0, 0.1) is 0 Å². The Balaban J connectivity index is 1.04. The van der Waals surface area contributed by atoms with Crippen LogP contribution in [0.2, 0.25) is 0 Å². The van der Waals surface area contributed by atoms with E-state index in [2.05, 4.69) is 0 Å². The fraction of sp³-hybridized carbons (Fsp3) is 0.160. The van der Waals surface area contributed by atoms with Crippen molar-refractivity contribution >= 4 is 52.6 Å². The third kappa shape index (κ3) is 11.3. The van der Waals surface area contributed by atoms with Crippen LogP contribution in [0.25, 0.3) is 0 Å². The van der Waals surface area contributed by atoms with Crippen molar-refractivity contribution in [2.45, 2.75) is 55.1 Å². The van der Waals surface area contributed by atoms with Gasteiger partial charge in [0.25, 0.3) is 0 Å². The molecule has 18 heteroatoms.